The maximum absolute atomic E-state index is 12.8. The highest BCUT2D eigenvalue weighted by Crippen LogP contribution is 2.35. The maximum atomic E-state index is 12.8. The van der Waals surface area contributed by atoms with Crippen molar-refractivity contribution in [1.82, 2.24) is 10.2 Å². The zero-order valence-electron chi connectivity index (χ0n) is 14.0. The quantitative estimate of drug-likeness (QED) is 0.858. The van der Waals surface area contributed by atoms with E-state index in [0.29, 0.717) is 55.1 Å². The van der Waals surface area contributed by atoms with E-state index in [4.69, 9.17) is 25.8 Å². The van der Waals surface area contributed by atoms with Crippen molar-refractivity contribution in [2.75, 3.05) is 40.0 Å². The van der Waals surface area contributed by atoms with Gasteiger partial charge in [-0.05, 0) is 11.6 Å². The summed E-state index contributed by atoms with van der Waals surface area (Å²) in [6.45, 7) is 2.23. The highest BCUT2D eigenvalue weighted by molar-refractivity contribution is 6.31. The summed E-state index contributed by atoms with van der Waals surface area (Å²) in [7, 11) is 1.58. The van der Waals surface area contributed by atoms with Crippen molar-refractivity contribution in [2.24, 2.45) is 0 Å². The Morgan fingerprint density at radius 2 is 1.96 bits per heavy atom. The van der Waals surface area contributed by atoms with Gasteiger partial charge in [0.25, 0.3) is 0 Å². The molecule has 1 unspecified atom stereocenters. The molecule has 1 fully saturated rings. The summed E-state index contributed by atoms with van der Waals surface area (Å²) in [5.41, 5.74) is 0.682. The Balaban J connectivity index is 1.73. The van der Waals surface area contributed by atoms with E-state index in [0.717, 1.165) is 0 Å². The van der Waals surface area contributed by atoms with Crippen LogP contribution in [0.25, 0.3) is 0 Å². The van der Waals surface area contributed by atoms with E-state index in [1.165, 1.54) is 0 Å². The van der Waals surface area contributed by atoms with Gasteiger partial charge in [0.05, 0.1) is 25.7 Å². The van der Waals surface area contributed by atoms with Crippen molar-refractivity contribution < 1.29 is 23.8 Å². The van der Waals surface area contributed by atoms with Crippen LogP contribution in [0.5, 0.6) is 11.5 Å². The van der Waals surface area contributed by atoms with E-state index in [9.17, 15) is 9.59 Å². The summed E-state index contributed by atoms with van der Waals surface area (Å²) < 4.78 is 16.5. The molecule has 2 heterocycles. The number of carbonyl (C=O) groups excluding carboxylic acids is 2. The fourth-order valence-electron chi connectivity index (χ4n) is 2.97. The molecule has 0 radical (unpaired) electrons. The van der Waals surface area contributed by atoms with E-state index in [-0.39, 0.29) is 30.7 Å². The summed E-state index contributed by atoms with van der Waals surface area (Å²) in [5, 5.41) is 3.05. The topological polar surface area (TPSA) is 77.1 Å². The number of hydrogen-bond acceptors (Lipinski definition) is 5. The lowest BCUT2D eigenvalue weighted by molar-refractivity contribution is -0.140. The smallest absolute Gasteiger partial charge is 0.227 e. The normalized spacial score (nSPS) is 19.4. The molecule has 25 heavy (non-hydrogen) atoms. The SMILES string of the molecule is CNC(=O)CC1COCCN1C(=O)Cc1cc2c(cc1Cl)OCCO2. The fraction of sp³-hybridized carbons (Fsp3) is 0.529. The third-order valence-electron chi connectivity index (χ3n) is 4.30. The number of nitrogens with one attached hydrogen (secondary N) is 1. The first-order valence-electron chi connectivity index (χ1n) is 8.24. The Morgan fingerprint density at radius 3 is 2.68 bits per heavy atom. The minimum Gasteiger partial charge on any atom is -0.486 e. The molecule has 0 spiro atoms. The van der Waals surface area contributed by atoms with Crippen molar-refractivity contribution in [1.29, 1.82) is 0 Å². The number of carbonyl (C=O) groups is 2. The molecule has 1 N–H and O–H groups in total. The molecule has 0 bridgehead atoms. The van der Waals surface area contributed by atoms with Gasteiger partial charge in [0.1, 0.15) is 13.2 Å². The standard InChI is InChI=1S/C17H21ClN2O5/c1-19-16(21)8-12-10-23-3-2-20(12)17(22)7-11-6-14-15(9-13(11)18)25-5-4-24-14/h6,9,12H,2-5,7-8,10H2,1H3,(H,19,21). The Morgan fingerprint density at radius 1 is 1.24 bits per heavy atom. The van der Waals surface area contributed by atoms with Crippen LogP contribution < -0.4 is 14.8 Å². The number of rotatable bonds is 4. The summed E-state index contributed by atoms with van der Waals surface area (Å²) in [6.07, 6.45) is 0.358. The molecule has 7 nitrogen and oxygen atoms in total. The van der Waals surface area contributed by atoms with E-state index in [2.05, 4.69) is 5.32 Å². The lowest BCUT2D eigenvalue weighted by atomic mass is 10.1. The minimum atomic E-state index is -0.266. The third kappa shape index (κ3) is 4.16. The summed E-state index contributed by atoms with van der Waals surface area (Å²) in [6, 6.07) is 3.17. The number of halogens is 1. The molecular formula is C17H21ClN2O5. The Kier molecular flexibility index (Phi) is 5.65. The van der Waals surface area contributed by atoms with Crippen LogP contribution in [0.4, 0.5) is 0 Å². The zero-order chi connectivity index (χ0) is 17.8. The highest BCUT2D eigenvalue weighted by atomic mass is 35.5. The molecule has 1 aromatic rings. The van der Waals surface area contributed by atoms with Crippen molar-refractivity contribution in [3.05, 3.63) is 22.7 Å². The molecule has 0 aromatic heterocycles. The van der Waals surface area contributed by atoms with Gasteiger partial charge in [-0.2, -0.15) is 0 Å². The van der Waals surface area contributed by atoms with Gasteiger partial charge in [0, 0.05) is 31.1 Å². The molecule has 1 atom stereocenters. The van der Waals surface area contributed by atoms with Crippen molar-refractivity contribution in [2.45, 2.75) is 18.9 Å². The number of benzene rings is 1. The molecule has 0 saturated carbocycles. The zero-order valence-corrected chi connectivity index (χ0v) is 14.8. The molecule has 0 aliphatic carbocycles. The van der Waals surface area contributed by atoms with Crippen molar-refractivity contribution in [3.8, 4) is 11.5 Å². The average molecular weight is 369 g/mol. The van der Waals surface area contributed by atoms with E-state index >= 15 is 0 Å². The van der Waals surface area contributed by atoms with Gasteiger partial charge >= 0.3 is 0 Å². The van der Waals surface area contributed by atoms with Gasteiger partial charge in [0.15, 0.2) is 11.5 Å². The molecule has 1 saturated heterocycles. The van der Waals surface area contributed by atoms with Gasteiger partial charge < -0.3 is 24.4 Å². The van der Waals surface area contributed by atoms with Gasteiger partial charge in [-0.15, -0.1) is 0 Å². The molecule has 8 heteroatoms. The lowest BCUT2D eigenvalue weighted by Gasteiger charge is -2.35. The Bertz CT molecular complexity index is 667. The first-order valence-corrected chi connectivity index (χ1v) is 8.62. The van der Waals surface area contributed by atoms with Crippen LogP contribution in [-0.2, 0) is 20.7 Å². The second-order valence-corrected chi connectivity index (χ2v) is 6.36. The predicted octanol–water partition coefficient (Wildman–Crippen LogP) is 1.02. The maximum Gasteiger partial charge on any atom is 0.227 e. The monoisotopic (exact) mass is 368 g/mol. The summed E-state index contributed by atoms with van der Waals surface area (Å²) in [4.78, 5) is 26.1. The Hall–Kier alpha value is -1.99. The van der Waals surface area contributed by atoms with Gasteiger partial charge in [0.2, 0.25) is 11.8 Å². The largest absolute Gasteiger partial charge is 0.486 e. The van der Waals surface area contributed by atoms with E-state index in [1.807, 2.05) is 0 Å². The molecule has 3 rings (SSSR count). The second kappa shape index (κ2) is 7.93. The van der Waals surface area contributed by atoms with Crippen LogP contribution in [0.3, 0.4) is 0 Å². The Labute approximate surface area is 151 Å². The van der Waals surface area contributed by atoms with Crippen molar-refractivity contribution in [3.63, 3.8) is 0 Å². The highest BCUT2D eigenvalue weighted by Gasteiger charge is 2.29. The minimum absolute atomic E-state index is 0.0872. The van der Waals surface area contributed by atoms with E-state index in [1.54, 1.807) is 24.1 Å². The van der Waals surface area contributed by atoms with Crippen molar-refractivity contribution >= 4 is 23.4 Å². The summed E-state index contributed by atoms with van der Waals surface area (Å²) >= 11 is 6.29. The molecule has 2 aliphatic rings. The van der Waals surface area contributed by atoms with Crippen LogP contribution in [0.1, 0.15) is 12.0 Å². The van der Waals surface area contributed by atoms with Crippen LogP contribution in [0.2, 0.25) is 5.02 Å². The van der Waals surface area contributed by atoms with Crippen LogP contribution in [0, 0.1) is 0 Å². The van der Waals surface area contributed by atoms with Gasteiger partial charge in [-0.25, -0.2) is 0 Å². The second-order valence-electron chi connectivity index (χ2n) is 5.96. The van der Waals surface area contributed by atoms with Gasteiger partial charge in [-0.1, -0.05) is 11.6 Å². The van der Waals surface area contributed by atoms with E-state index < -0.39 is 0 Å². The van der Waals surface area contributed by atoms with Crippen LogP contribution >= 0.6 is 11.6 Å². The first kappa shape index (κ1) is 17.8. The predicted molar refractivity (Wildman–Crippen MR) is 91.1 cm³/mol. The summed E-state index contributed by atoms with van der Waals surface area (Å²) in [5.74, 6) is 0.986. The fourth-order valence-corrected chi connectivity index (χ4v) is 3.19. The number of amides is 2. The number of morpholine rings is 1. The molecular weight excluding hydrogens is 348 g/mol. The molecule has 1 aromatic carbocycles. The molecule has 136 valence electrons. The van der Waals surface area contributed by atoms with Crippen LogP contribution in [-0.4, -0.2) is 62.8 Å². The number of fused-ring (bicyclic) bond motifs is 1. The lowest BCUT2D eigenvalue weighted by Crippen LogP contribution is -2.50. The van der Waals surface area contributed by atoms with Crippen LogP contribution in [0.15, 0.2) is 12.1 Å². The van der Waals surface area contributed by atoms with Gasteiger partial charge in [-0.3, -0.25) is 9.59 Å². The average Bonchev–Trinajstić information content (AvgIpc) is 2.62. The molecule has 2 aliphatic heterocycles. The number of ether oxygens (including phenoxy) is 3. The molecule has 2 amide bonds. The third-order valence-corrected chi connectivity index (χ3v) is 4.65. The number of nitrogens with zero attached hydrogens (tertiary/aromatic N) is 1. The first-order chi connectivity index (χ1) is 12.1. The number of hydrogen-bond donors (Lipinski definition) is 1.